The molecule has 1 atom stereocenters. The number of piperazine rings is 1. The lowest BCUT2D eigenvalue weighted by Crippen LogP contribution is -2.65. The molecule has 0 saturated carbocycles. The monoisotopic (exact) mass is 363 g/mol. The lowest BCUT2D eigenvalue weighted by Gasteiger charge is -2.44. The Labute approximate surface area is 152 Å². The first-order valence-electron chi connectivity index (χ1n) is 8.45. The fraction of sp³-hybridized carbons (Fsp3) is 0.529. The Bertz CT molecular complexity index is 633. The van der Waals surface area contributed by atoms with Crippen LogP contribution in [0.15, 0.2) is 40.7 Å². The average Bonchev–Trinajstić information content (AvgIpc) is 2.67. The number of aromatic nitrogens is 1. The molecular weight excluding hydrogens is 338 g/mol. The molecule has 0 aromatic carbocycles. The lowest BCUT2D eigenvalue weighted by atomic mass is 10.1. The van der Waals surface area contributed by atoms with Crippen LogP contribution in [-0.2, 0) is 4.74 Å². The first kappa shape index (κ1) is 18.0. The molecule has 2 N–H and O–H groups in total. The van der Waals surface area contributed by atoms with E-state index in [-0.39, 0.29) is 0 Å². The molecule has 2 aliphatic heterocycles. The van der Waals surface area contributed by atoms with Crippen molar-refractivity contribution in [3.63, 3.8) is 0 Å². The number of aliphatic imine (C=N–C) groups is 1. The highest BCUT2D eigenvalue weighted by atomic mass is 32.2. The van der Waals surface area contributed by atoms with Crippen LogP contribution in [0.3, 0.4) is 0 Å². The Balaban J connectivity index is 1.55. The summed E-state index contributed by atoms with van der Waals surface area (Å²) in [5.74, 6) is 1.46. The number of pyridine rings is 1. The molecule has 0 bridgehead atoms. The standard InChI is InChI=1S/C17H25N5O2S/c1-17(22-10-8-18-9-11-22)16(20-6-7-21-17)24-13-12-23-14-4-3-5-19-15(14)25-2/h3-7,18,21H,8-13H2,1-2H3/t17-/m1/s1. The van der Waals surface area contributed by atoms with E-state index in [9.17, 15) is 0 Å². The van der Waals surface area contributed by atoms with Crippen molar-refractivity contribution < 1.29 is 9.47 Å². The van der Waals surface area contributed by atoms with Crippen molar-refractivity contribution in [2.24, 2.45) is 4.99 Å². The zero-order valence-corrected chi connectivity index (χ0v) is 15.5. The maximum absolute atomic E-state index is 5.97. The normalized spacial score (nSPS) is 23.7. The molecule has 1 aromatic rings. The van der Waals surface area contributed by atoms with Gasteiger partial charge < -0.3 is 20.1 Å². The third-order valence-corrected chi connectivity index (χ3v) is 5.00. The second-order valence-electron chi connectivity index (χ2n) is 5.91. The van der Waals surface area contributed by atoms with Gasteiger partial charge in [-0.15, -0.1) is 11.8 Å². The Hall–Kier alpha value is -1.77. The van der Waals surface area contributed by atoms with Gasteiger partial charge in [0.25, 0.3) is 0 Å². The Kier molecular flexibility index (Phi) is 6.17. The summed E-state index contributed by atoms with van der Waals surface area (Å²) in [4.78, 5) is 11.1. The van der Waals surface area contributed by atoms with Crippen molar-refractivity contribution in [2.75, 3.05) is 45.6 Å². The van der Waals surface area contributed by atoms with Crippen LogP contribution in [0, 0.1) is 0 Å². The van der Waals surface area contributed by atoms with E-state index in [1.165, 1.54) is 0 Å². The third kappa shape index (κ3) is 4.26. The second kappa shape index (κ2) is 8.55. The molecule has 0 unspecified atom stereocenters. The number of nitrogens with zero attached hydrogens (tertiary/aromatic N) is 3. The van der Waals surface area contributed by atoms with Gasteiger partial charge in [-0.1, -0.05) is 0 Å². The van der Waals surface area contributed by atoms with E-state index >= 15 is 0 Å². The van der Waals surface area contributed by atoms with Gasteiger partial charge in [0, 0.05) is 44.8 Å². The number of nitrogens with one attached hydrogen (secondary N) is 2. The molecule has 1 fully saturated rings. The molecule has 25 heavy (non-hydrogen) atoms. The van der Waals surface area contributed by atoms with Crippen LogP contribution in [0.5, 0.6) is 5.75 Å². The van der Waals surface area contributed by atoms with Crippen molar-refractivity contribution >= 4 is 17.7 Å². The van der Waals surface area contributed by atoms with E-state index in [0.29, 0.717) is 19.1 Å². The first-order valence-corrected chi connectivity index (χ1v) is 9.68. The van der Waals surface area contributed by atoms with Crippen molar-refractivity contribution in [3.05, 3.63) is 30.7 Å². The highest BCUT2D eigenvalue weighted by Crippen LogP contribution is 2.24. The maximum atomic E-state index is 5.97. The Morgan fingerprint density at radius 3 is 2.88 bits per heavy atom. The molecule has 0 radical (unpaired) electrons. The van der Waals surface area contributed by atoms with Gasteiger partial charge >= 0.3 is 0 Å². The molecule has 0 aliphatic carbocycles. The summed E-state index contributed by atoms with van der Waals surface area (Å²) in [6.45, 7) is 6.81. The largest absolute Gasteiger partial charge is 0.487 e. The summed E-state index contributed by atoms with van der Waals surface area (Å²) in [6, 6.07) is 3.80. The molecule has 1 saturated heterocycles. The van der Waals surface area contributed by atoms with Gasteiger partial charge in [-0.05, 0) is 25.3 Å². The molecule has 136 valence electrons. The summed E-state index contributed by atoms with van der Waals surface area (Å²) in [6.07, 6.45) is 7.35. The van der Waals surface area contributed by atoms with Gasteiger partial charge in [0.05, 0.1) is 0 Å². The predicted octanol–water partition coefficient (Wildman–Crippen LogP) is 1.29. The quantitative estimate of drug-likeness (QED) is 0.583. The number of thioether (sulfide) groups is 1. The molecule has 3 rings (SSSR count). The number of rotatable bonds is 6. The highest BCUT2D eigenvalue weighted by molar-refractivity contribution is 7.98. The van der Waals surface area contributed by atoms with Crippen molar-refractivity contribution in [3.8, 4) is 5.75 Å². The fourth-order valence-corrected chi connectivity index (χ4v) is 3.43. The molecule has 1 aromatic heterocycles. The topological polar surface area (TPSA) is 71.0 Å². The van der Waals surface area contributed by atoms with E-state index in [0.717, 1.165) is 37.0 Å². The first-order chi connectivity index (χ1) is 12.2. The summed E-state index contributed by atoms with van der Waals surface area (Å²) >= 11 is 1.57. The van der Waals surface area contributed by atoms with Crippen LogP contribution in [0.2, 0.25) is 0 Å². The average molecular weight is 363 g/mol. The highest BCUT2D eigenvalue weighted by Gasteiger charge is 2.39. The fourth-order valence-electron chi connectivity index (χ4n) is 2.94. The van der Waals surface area contributed by atoms with E-state index in [1.54, 1.807) is 24.2 Å². The summed E-state index contributed by atoms with van der Waals surface area (Å²) in [5.41, 5.74) is -0.421. The number of hydrogen-bond acceptors (Lipinski definition) is 8. The second-order valence-corrected chi connectivity index (χ2v) is 6.71. The summed E-state index contributed by atoms with van der Waals surface area (Å²) < 4.78 is 11.8. The van der Waals surface area contributed by atoms with Crippen LogP contribution in [-0.4, -0.2) is 67.1 Å². The smallest absolute Gasteiger partial charge is 0.230 e. The predicted molar refractivity (Wildman–Crippen MR) is 100 cm³/mol. The minimum atomic E-state index is -0.421. The summed E-state index contributed by atoms with van der Waals surface area (Å²) in [7, 11) is 0. The molecular formula is C17H25N5O2S. The van der Waals surface area contributed by atoms with E-state index in [4.69, 9.17) is 9.47 Å². The number of hydrogen-bond donors (Lipinski definition) is 2. The van der Waals surface area contributed by atoms with Crippen molar-refractivity contribution in [2.45, 2.75) is 17.6 Å². The maximum Gasteiger partial charge on any atom is 0.230 e. The zero-order chi connectivity index (χ0) is 17.5. The minimum absolute atomic E-state index is 0.421. The van der Waals surface area contributed by atoms with Gasteiger partial charge in [-0.2, -0.15) is 0 Å². The van der Waals surface area contributed by atoms with Gasteiger partial charge in [-0.25, -0.2) is 9.98 Å². The van der Waals surface area contributed by atoms with Crippen LogP contribution in [0.4, 0.5) is 0 Å². The molecule has 7 nitrogen and oxygen atoms in total. The molecule has 0 spiro atoms. The summed E-state index contributed by atoms with van der Waals surface area (Å²) in [5, 5.41) is 7.65. The molecule has 3 heterocycles. The van der Waals surface area contributed by atoms with Gasteiger partial charge in [0.15, 0.2) is 11.4 Å². The van der Waals surface area contributed by atoms with Crippen molar-refractivity contribution in [1.29, 1.82) is 0 Å². The molecule has 2 aliphatic rings. The Morgan fingerprint density at radius 1 is 1.28 bits per heavy atom. The van der Waals surface area contributed by atoms with Gasteiger partial charge in [-0.3, -0.25) is 4.90 Å². The van der Waals surface area contributed by atoms with E-state index in [2.05, 4.69) is 32.4 Å². The van der Waals surface area contributed by atoms with Crippen molar-refractivity contribution in [1.82, 2.24) is 20.5 Å². The van der Waals surface area contributed by atoms with Crippen LogP contribution in [0.25, 0.3) is 0 Å². The molecule has 0 amide bonds. The van der Waals surface area contributed by atoms with Crippen LogP contribution < -0.4 is 15.4 Å². The SMILES string of the molecule is CSc1ncccc1OCCOC1=NC=CN[C@]1(C)N1CCNCC1. The van der Waals surface area contributed by atoms with Gasteiger partial charge in [0.2, 0.25) is 5.90 Å². The lowest BCUT2D eigenvalue weighted by molar-refractivity contribution is 0.0901. The molecule has 8 heteroatoms. The van der Waals surface area contributed by atoms with E-state index < -0.39 is 5.66 Å². The van der Waals surface area contributed by atoms with Crippen LogP contribution >= 0.6 is 11.8 Å². The van der Waals surface area contributed by atoms with E-state index in [1.807, 2.05) is 24.6 Å². The minimum Gasteiger partial charge on any atom is -0.487 e. The van der Waals surface area contributed by atoms with Gasteiger partial charge in [0.1, 0.15) is 18.2 Å². The van der Waals surface area contributed by atoms with Crippen LogP contribution in [0.1, 0.15) is 6.92 Å². The Morgan fingerprint density at radius 2 is 2.08 bits per heavy atom. The third-order valence-electron chi connectivity index (χ3n) is 4.31. The number of ether oxygens (including phenoxy) is 2. The zero-order valence-electron chi connectivity index (χ0n) is 14.7.